The second-order valence-corrected chi connectivity index (χ2v) is 8.27. The standard InChI is InChI=1S/C26H22ClN3O3/c1-16-10-11-17(12-22(16)27)30-25-20-7-3-2-6-19(20)21(14-28-25)26(31)29-13-18-15-32-23-8-4-5-9-24(23)33-18/h2-12,14,18H,13,15H2,1H3,(H,28,30)(H,29,31). The maximum absolute atomic E-state index is 13.0. The Hall–Kier alpha value is -3.77. The zero-order chi connectivity index (χ0) is 22.8. The summed E-state index contributed by atoms with van der Waals surface area (Å²) >= 11 is 6.26. The number of carbonyl (C=O) groups excluding carboxylic acids is 1. The van der Waals surface area contributed by atoms with E-state index >= 15 is 0 Å². The number of halogens is 1. The lowest BCUT2D eigenvalue weighted by Crippen LogP contribution is -2.40. The summed E-state index contributed by atoms with van der Waals surface area (Å²) in [6, 6.07) is 20.9. The number of amides is 1. The lowest BCUT2D eigenvalue weighted by molar-refractivity contribution is 0.0790. The summed E-state index contributed by atoms with van der Waals surface area (Å²) in [5.41, 5.74) is 2.33. The highest BCUT2D eigenvalue weighted by molar-refractivity contribution is 6.31. The molecule has 7 heteroatoms. The molecule has 5 rings (SSSR count). The fourth-order valence-corrected chi connectivity index (χ4v) is 3.93. The maximum Gasteiger partial charge on any atom is 0.253 e. The predicted molar refractivity (Wildman–Crippen MR) is 130 cm³/mol. The van der Waals surface area contributed by atoms with E-state index in [-0.39, 0.29) is 12.0 Å². The van der Waals surface area contributed by atoms with Gasteiger partial charge < -0.3 is 20.1 Å². The zero-order valence-electron chi connectivity index (χ0n) is 18.0. The van der Waals surface area contributed by atoms with E-state index in [1.165, 1.54) is 0 Å². The Morgan fingerprint density at radius 1 is 1.06 bits per heavy atom. The fraction of sp³-hybridized carbons (Fsp3) is 0.154. The van der Waals surface area contributed by atoms with Crippen LogP contribution in [-0.4, -0.2) is 30.1 Å². The van der Waals surface area contributed by atoms with Crippen LogP contribution in [0.3, 0.4) is 0 Å². The molecule has 2 N–H and O–H groups in total. The first-order chi connectivity index (χ1) is 16.1. The third-order valence-corrected chi connectivity index (χ3v) is 5.94. The Balaban J connectivity index is 1.34. The summed E-state index contributed by atoms with van der Waals surface area (Å²) in [5.74, 6) is 1.84. The molecular formula is C26H22ClN3O3. The lowest BCUT2D eigenvalue weighted by atomic mass is 10.1. The Morgan fingerprint density at radius 2 is 1.82 bits per heavy atom. The van der Waals surface area contributed by atoms with Gasteiger partial charge >= 0.3 is 0 Å². The highest BCUT2D eigenvalue weighted by Gasteiger charge is 2.22. The number of anilines is 2. The molecule has 0 bridgehead atoms. The molecule has 4 aromatic rings. The molecule has 33 heavy (non-hydrogen) atoms. The largest absolute Gasteiger partial charge is 0.486 e. The van der Waals surface area contributed by atoms with E-state index in [1.54, 1.807) is 6.20 Å². The van der Waals surface area contributed by atoms with E-state index in [9.17, 15) is 4.79 Å². The van der Waals surface area contributed by atoms with E-state index in [0.29, 0.717) is 41.1 Å². The number of hydrogen-bond acceptors (Lipinski definition) is 5. The molecule has 1 amide bonds. The number of nitrogens with zero attached hydrogens (tertiary/aromatic N) is 1. The van der Waals surface area contributed by atoms with Crippen LogP contribution >= 0.6 is 11.6 Å². The molecule has 0 saturated heterocycles. The van der Waals surface area contributed by atoms with Crippen molar-refractivity contribution in [2.75, 3.05) is 18.5 Å². The monoisotopic (exact) mass is 459 g/mol. The Labute approximate surface area is 196 Å². The minimum atomic E-state index is -0.268. The van der Waals surface area contributed by atoms with Crippen LogP contribution in [0.1, 0.15) is 15.9 Å². The van der Waals surface area contributed by atoms with Gasteiger partial charge in [0.05, 0.1) is 12.1 Å². The van der Waals surface area contributed by atoms with Crippen LogP contribution < -0.4 is 20.1 Å². The number of ether oxygens (including phenoxy) is 2. The normalized spacial score (nSPS) is 14.7. The first kappa shape index (κ1) is 21.1. The lowest BCUT2D eigenvalue weighted by Gasteiger charge is -2.26. The van der Waals surface area contributed by atoms with Gasteiger partial charge in [-0.25, -0.2) is 4.98 Å². The van der Waals surface area contributed by atoms with Gasteiger partial charge in [0.1, 0.15) is 18.5 Å². The van der Waals surface area contributed by atoms with Crippen molar-refractivity contribution in [2.24, 2.45) is 0 Å². The van der Waals surface area contributed by atoms with Crippen LogP contribution in [0.4, 0.5) is 11.5 Å². The molecule has 0 aliphatic carbocycles. The number of para-hydroxylation sites is 2. The Kier molecular flexibility index (Phi) is 5.75. The van der Waals surface area contributed by atoms with E-state index in [0.717, 1.165) is 22.0 Å². The number of nitrogens with one attached hydrogen (secondary N) is 2. The van der Waals surface area contributed by atoms with Crippen molar-refractivity contribution < 1.29 is 14.3 Å². The number of hydrogen-bond donors (Lipinski definition) is 2. The minimum absolute atomic E-state index is 0.217. The van der Waals surface area contributed by atoms with Gasteiger partial charge in [-0.05, 0) is 42.1 Å². The summed E-state index contributed by atoms with van der Waals surface area (Å²) in [7, 11) is 0. The molecule has 3 aromatic carbocycles. The summed E-state index contributed by atoms with van der Waals surface area (Å²) < 4.78 is 11.7. The molecule has 1 atom stereocenters. The predicted octanol–water partition coefficient (Wildman–Crippen LogP) is 5.51. The fourth-order valence-electron chi connectivity index (χ4n) is 3.75. The minimum Gasteiger partial charge on any atom is -0.486 e. The van der Waals surface area contributed by atoms with Crippen molar-refractivity contribution in [1.82, 2.24) is 10.3 Å². The van der Waals surface area contributed by atoms with Gasteiger partial charge in [0.15, 0.2) is 11.5 Å². The van der Waals surface area contributed by atoms with E-state index in [4.69, 9.17) is 21.1 Å². The van der Waals surface area contributed by atoms with Crippen molar-refractivity contribution in [1.29, 1.82) is 0 Å². The molecule has 1 aliphatic rings. The molecule has 1 aromatic heterocycles. The summed E-state index contributed by atoms with van der Waals surface area (Å²) in [6.07, 6.45) is 1.32. The van der Waals surface area contributed by atoms with Gasteiger partial charge in [-0.1, -0.05) is 54.1 Å². The third-order valence-electron chi connectivity index (χ3n) is 5.53. The quantitative estimate of drug-likeness (QED) is 0.411. The highest BCUT2D eigenvalue weighted by atomic mass is 35.5. The summed E-state index contributed by atoms with van der Waals surface area (Å²) in [4.78, 5) is 17.5. The Bertz CT molecular complexity index is 1340. The molecule has 0 radical (unpaired) electrons. The van der Waals surface area contributed by atoms with Crippen LogP contribution in [0.2, 0.25) is 5.02 Å². The first-order valence-corrected chi connectivity index (χ1v) is 11.0. The van der Waals surface area contributed by atoms with E-state index < -0.39 is 0 Å². The highest BCUT2D eigenvalue weighted by Crippen LogP contribution is 2.31. The van der Waals surface area contributed by atoms with Gasteiger partial charge in [-0.2, -0.15) is 0 Å². The van der Waals surface area contributed by atoms with Gasteiger partial charge in [0, 0.05) is 22.3 Å². The molecule has 2 heterocycles. The average Bonchev–Trinajstić information content (AvgIpc) is 2.85. The van der Waals surface area contributed by atoms with Crippen molar-refractivity contribution in [2.45, 2.75) is 13.0 Å². The first-order valence-electron chi connectivity index (χ1n) is 10.7. The van der Waals surface area contributed by atoms with Crippen LogP contribution in [0, 0.1) is 6.92 Å². The number of aryl methyl sites for hydroxylation is 1. The van der Waals surface area contributed by atoms with Crippen LogP contribution in [0.25, 0.3) is 10.8 Å². The number of rotatable bonds is 5. The molecule has 0 spiro atoms. The molecule has 0 saturated carbocycles. The molecule has 1 aliphatic heterocycles. The van der Waals surface area contributed by atoms with Gasteiger partial charge in [0.25, 0.3) is 5.91 Å². The van der Waals surface area contributed by atoms with Crippen LogP contribution in [-0.2, 0) is 0 Å². The van der Waals surface area contributed by atoms with E-state index in [1.807, 2.05) is 73.7 Å². The van der Waals surface area contributed by atoms with Crippen LogP contribution in [0.5, 0.6) is 11.5 Å². The number of pyridine rings is 1. The van der Waals surface area contributed by atoms with Gasteiger partial charge in [-0.15, -0.1) is 0 Å². The van der Waals surface area contributed by atoms with Crippen molar-refractivity contribution in [3.63, 3.8) is 0 Å². The number of fused-ring (bicyclic) bond motifs is 2. The molecule has 6 nitrogen and oxygen atoms in total. The topological polar surface area (TPSA) is 72.5 Å². The molecule has 0 fully saturated rings. The number of benzene rings is 3. The second kappa shape index (κ2) is 9.00. The summed E-state index contributed by atoms with van der Waals surface area (Å²) in [6.45, 7) is 2.65. The summed E-state index contributed by atoms with van der Waals surface area (Å²) in [5, 5.41) is 8.58. The maximum atomic E-state index is 13.0. The number of aromatic nitrogens is 1. The molecular weight excluding hydrogens is 438 g/mol. The third kappa shape index (κ3) is 4.43. The van der Waals surface area contributed by atoms with E-state index in [2.05, 4.69) is 15.6 Å². The molecule has 166 valence electrons. The van der Waals surface area contributed by atoms with Crippen molar-refractivity contribution >= 4 is 39.8 Å². The van der Waals surface area contributed by atoms with Gasteiger partial charge in [0.2, 0.25) is 0 Å². The van der Waals surface area contributed by atoms with Crippen molar-refractivity contribution in [3.05, 3.63) is 89.1 Å². The SMILES string of the molecule is Cc1ccc(Nc2ncc(C(=O)NCC3COc4ccccc4O3)c3ccccc23)cc1Cl. The molecule has 1 unspecified atom stereocenters. The smallest absolute Gasteiger partial charge is 0.253 e. The second-order valence-electron chi connectivity index (χ2n) is 7.86. The Morgan fingerprint density at radius 3 is 2.64 bits per heavy atom. The zero-order valence-corrected chi connectivity index (χ0v) is 18.7. The van der Waals surface area contributed by atoms with Crippen LogP contribution in [0.15, 0.2) is 72.9 Å². The van der Waals surface area contributed by atoms with Gasteiger partial charge in [-0.3, -0.25) is 4.79 Å². The number of carbonyl (C=O) groups is 1. The van der Waals surface area contributed by atoms with Crippen molar-refractivity contribution in [3.8, 4) is 11.5 Å². The average molecular weight is 460 g/mol.